The van der Waals surface area contributed by atoms with Crippen molar-refractivity contribution in [1.29, 1.82) is 0 Å². The number of nitrogens with zero attached hydrogens (tertiary/aromatic N) is 3. The molecule has 2 aromatic carbocycles. The maximum atomic E-state index is 12.7. The number of anilines is 1. The quantitative estimate of drug-likeness (QED) is 0.556. The molecule has 0 aliphatic carbocycles. The maximum absolute atomic E-state index is 12.7. The number of nitrogens with one attached hydrogen (secondary N) is 1. The van der Waals surface area contributed by atoms with E-state index in [9.17, 15) is 4.79 Å². The third kappa shape index (κ3) is 3.86. The van der Waals surface area contributed by atoms with Crippen LogP contribution in [0, 0.1) is 6.92 Å². The minimum Gasteiger partial charge on any atom is -0.486 e. The van der Waals surface area contributed by atoms with Gasteiger partial charge in [-0.1, -0.05) is 36.4 Å². The highest BCUT2D eigenvalue weighted by molar-refractivity contribution is 5.91. The molecule has 6 nitrogen and oxygen atoms in total. The fourth-order valence-electron chi connectivity index (χ4n) is 3.01. The number of benzene rings is 2. The van der Waals surface area contributed by atoms with Crippen LogP contribution in [0.3, 0.4) is 0 Å². The number of carbonyl (C=O) groups excluding carboxylic acids is 1. The normalized spacial score (nSPS) is 10.8. The Balaban J connectivity index is 1.58. The summed E-state index contributed by atoms with van der Waals surface area (Å²) >= 11 is 0. The molecule has 140 valence electrons. The van der Waals surface area contributed by atoms with Gasteiger partial charge in [0, 0.05) is 6.20 Å². The van der Waals surface area contributed by atoms with Crippen LogP contribution >= 0.6 is 0 Å². The van der Waals surface area contributed by atoms with Crippen molar-refractivity contribution in [2.45, 2.75) is 20.1 Å². The van der Waals surface area contributed by atoms with Crippen molar-refractivity contribution in [1.82, 2.24) is 14.5 Å². The van der Waals surface area contributed by atoms with Crippen LogP contribution in [-0.2, 0) is 17.9 Å². The van der Waals surface area contributed by atoms with Gasteiger partial charge in [-0.3, -0.25) is 4.79 Å². The van der Waals surface area contributed by atoms with E-state index < -0.39 is 0 Å². The topological polar surface area (TPSA) is 69.0 Å². The van der Waals surface area contributed by atoms with E-state index in [2.05, 4.69) is 15.3 Å². The molecule has 28 heavy (non-hydrogen) atoms. The minimum absolute atomic E-state index is 0.129. The van der Waals surface area contributed by atoms with Crippen molar-refractivity contribution in [3.8, 4) is 5.75 Å². The Morgan fingerprint density at radius 1 is 1.04 bits per heavy atom. The van der Waals surface area contributed by atoms with E-state index in [4.69, 9.17) is 4.74 Å². The second-order valence-electron chi connectivity index (χ2n) is 6.42. The third-order valence-electron chi connectivity index (χ3n) is 4.41. The molecule has 0 radical (unpaired) electrons. The zero-order chi connectivity index (χ0) is 19.3. The van der Waals surface area contributed by atoms with Gasteiger partial charge in [-0.15, -0.1) is 0 Å². The van der Waals surface area contributed by atoms with Crippen LogP contribution in [0.25, 0.3) is 11.0 Å². The predicted molar refractivity (Wildman–Crippen MR) is 108 cm³/mol. The fraction of sp³-hybridized carbons (Fsp3) is 0.136. The largest absolute Gasteiger partial charge is 0.486 e. The van der Waals surface area contributed by atoms with E-state index in [1.807, 2.05) is 78.2 Å². The number of para-hydroxylation sites is 3. The highest BCUT2D eigenvalue weighted by Crippen LogP contribution is 2.19. The lowest BCUT2D eigenvalue weighted by molar-refractivity contribution is -0.116. The molecule has 2 heterocycles. The van der Waals surface area contributed by atoms with Gasteiger partial charge in [0.2, 0.25) is 5.91 Å². The van der Waals surface area contributed by atoms with Gasteiger partial charge in [0.15, 0.2) is 0 Å². The Morgan fingerprint density at radius 2 is 1.82 bits per heavy atom. The molecule has 0 aliphatic rings. The number of hydrogen-bond acceptors (Lipinski definition) is 4. The van der Waals surface area contributed by atoms with Crippen LogP contribution in [-0.4, -0.2) is 20.4 Å². The third-order valence-corrected chi connectivity index (χ3v) is 4.41. The lowest BCUT2D eigenvalue weighted by Crippen LogP contribution is -2.21. The summed E-state index contributed by atoms with van der Waals surface area (Å²) in [4.78, 5) is 21.5. The summed E-state index contributed by atoms with van der Waals surface area (Å²) in [6.07, 6.45) is 1.66. The summed E-state index contributed by atoms with van der Waals surface area (Å²) < 4.78 is 7.73. The molecular weight excluding hydrogens is 352 g/mol. The predicted octanol–water partition coefficient (Wildman–Crippen LogP) is 3.96. The first kappa shape index (κ1) is 17.7. The molecule has 0 atom stereocenters. The number of aromatic nitrogens is 3. The van der Waals surface area contributed by atoms with E-state index in [1.54, 1.807) is 6.20 Å². The van der Waals surface area contributed by atoms with Gasteiger partial charge in [0.25, 0.3) is 0 Å². The van der Waals surface area contributed by atoms with Gasteiger partial charge in [-0.25, -0.2) is 9.97 Å². The van der Waals surface area contributed by atoms with Crippen molar-refractivity contribution in [2.75, 3.05) is 5.32 Å². The molecule has 0 bridgehead atoms. The number of amides is 1. The monoisotopic (exact) mass is 372 g/mol. The average molecular weight is 372 g/mol. The molecule has 6 heteroatoms. The molecule has 0 aliphatic heterocycles. The summed E-state index contributed by atoms with van der Waals surface area (Å²) in [6.45, 7) is 2.31. The SMILES string of the molecule is Cc1cccnc1NC(=O)Cn1c(COc2ccccc2)nc2ccccc21. The number of fused-ring (bicyclic) bond motifs is 1. The Morgan fingerprint density at radius 3 is 2.64 bits per heavy atom. The average Bonchev–Trinajstić information content (AvgIpc) is 3.06. The first-order chi connectivity index (χ1) is 13.7. The van der Waals surface area contributed by atoms with Gasteiger partial charge < -0.3 is 14.6 Å². The van der Waals surface area contributed by atoms with Crippen LogP contribution in [0.1, 0.15) is 11.4 Å². The fourth-order valence-corrected chi connectivity index (χ4v) is 3.01. The maximum Gasteiger partial charge on any atom is 0.245 e. The first-order valence-electron chi connectivity index (χ1n) is 9.04. The molecule has 0 unspecified atom stereocenters. The zero-order valence-corrected chi connectivity index (χ0v) is 15.5. The molecule has 0 saturated carbocycles. The van der Waals surface area contributed by atoms with E-state index in [1.165, 1.54) is 0 Å². The minimum atomic E-state index is -0.161. The lowest BCUT2D eigenvalue weighted by Gasteiger charge is -2.11. The number of aryl methyl sites for hydroxylation is 1. The Hall–Kier alpha value is -3.67. The van der Waals surface area contributed by atoms with Gasteiger partial charge in [0.05, 0.1) is 11.0 Å². The summed E-state index contributed by atoms with van der Waals surface area (Å²) in [6, 6.07) is 21.1. The first-order valence-corrected chi connectivity index (χ1v) is 9.04. The summed E-state index contributed by atoms with van der Waals surface area (Å²) in [5.41, 5.74) is 2.64. The van der Waals surface area contributed by atoms with Crippen molar-refractivity contribution in [3.63, 3.8) is 0 Å². The summed E-state index contributed by atoms with van der Waals surface area (Å²) in [7, 11) is 0. The molecule has 0 spiro atoms. The molecule has 1 amide bonds. The highest BCUT2D eigenvalue weighted by Gasteiger charge is 2.15. The van der Waals surface area contributed by atoms with Crippen LogP contribution in [0.15, 0.2) is 72.9 Å². The molecule has 2 aromatic heterocycles. The van der Waals surface area contributed by atoms with Crippen molar-refractivity contribution in [2.24, 2.45) is 0 Å². The van der Waals surface area contributed by atoms with Gasteiger partial charge in [0.1, 0.15) is 30.5 Å². The standard InChI is InChI=1S/C22H20N4O2/c1-16-8-7-13-23-22(16)25-21(27)14-26-19-12-6-5-11-18(19)24-20(26)15-28-17-9-3-2-4-10-17/h2-13H,14-15H2,1H3,(H,23,25,27). The van der Waals surface area contributed by atoms with Crippen LogP contribution in [0.5, 0.6) is 5.75 Å². The Bertz CT molecular complexity index is 1110. The van der Waals surface area contributed by atoms with E-state index in [0.29, 0.717) is 11.6 Å². The number of pyridine rings is 1. The van der Waals surface area contributed by atoms with E-state index in [-0.39, 0.29) is 19.1 Å². The van der Waals surface area contributed by atoms with E-state index >= 15 is 0 Å². The molecule has 4 aromatic rings. The van der Waals surface area contributed by atoms with Gasteiger partial charge in [-0.2, -0.15) is 0 Å². The van der Waals surface area contributed by atoms with Crippen molar-refractivity contribution in [3.05, 3.63) is 84.3 Å². The summed E-state index contributed by atoms with van der Waals surface area (Å²) in [5.74, 6) is 1.86. The molecule has 4 rings (SSSR count). The highest BCUT2D eigenvalue weighted by atomic mass is 16.5. The van der Waals surface area contributed by atoms with Crippen LogP contribution in [0.4, 0.5) is 5.82 Å². The Kier molecular flexibility index (Phi) is 5.01. The molecular formula is C22H20N4O2. The van der Waals surface area contributed by atoms with Gasteiger partial charge in [-0.05, 0) is 42.8 Å². The second-order valence-corrected chi connectivity index (χ2v) is 6.42. The zero-order valence-electron chi connectivity index (χ0n) is 15.5. The van der Waals surface area contributed by atoms with Crippen molar-refractivity contribution >= 4 is 22.8 Å². The second kappa shape index (κ2) is 7.92. The number of imidazole rings is 1. The molecule has 1 N–H and O–H groups in total. The number of rotatable bonds is 6. The number of carbonyl (C=O) groups is 1. The van der Waals surface area contributed by atoms with E-state index in [0.717, 1.165) is 22.3 Å². The smallest absolute Gasteiger partial charge is 0.245 e. The lowest BCUT2D eigenvalue weighted by atomic mass is 10.3. The van der Waals surface area contributed by atoms with Crippen LogP contribution in [0.2, 0.25) is 0 Å². The Labute approximate surface area is 162 Å². The summed E-state index contributed by atoms with van der Waals surface area (Å²) in [5, 5.41) is 2.87. The molecule has 0 fully saturated rings. The van der Waals surface area contributed by atoms with Crippen LogP contribution < -0.4 is 10.1 Å². The van der Waals surface area contributed by atoms with Crippen molar-refractivity contribution < 1.29 is 9.53 Å². The molecule has 0 saturated heterocycles. The number of hydrogen-bond donors (Lipinski definition) is 1. The number of ether oxygens (including phenoxy) is 1. The van der Waals surface area contributed by atoms with Gasteiger partial charge >= 0.3 is 0 Å².